The van der Waals surface area contributed by atoms with Gasteiger partial charge in [0.2, 0.25) is 0 Å². The van der Waals surface area contributed by atoms with E-state index in [0.717, 1.165) is 48.7 Å². The number of nitrogens with zero attached hydrogens (tertiary/aromatic N) is 5. The lowest BCUT2D eigenvalue weighted by atomic mass is 10.1. The fraction of sp³-hybridized carbons (Fsp3) is 0.250. The van der Waals surface area contributed by atoms with E-state index in [2.05, 4.69) is 39.0 Å². The van der Waals surface area contributed by atoms with Gasteiger partial charge in [0.05, 0.1) is 0 Å². The topological polar surface area (TPSA) is 46.3 Å². The maximum Gasteiger partial charge on any atom is 0.156 e. The van der Waals surface area contributed by atoms with Crippen molar-refractivity contribution in [1.29, 1.82) is 0 Å². The summed E-state index contributed by atoms with van der Waals surface area (Å²) in [6.45, 7) is 3.17. The second kappa shape index (κ2) is 6.63. The fourth-order valence-corrected chi connectivity index (χ4v) is 4.28. The van der Waals surface area contributed by atoms with Crippen LogP contribution in [0.25, 0.3) is 16.8 Å². The Bertz CT molecular complexity index is 1010. The summed E-state index contributed by atoms with van der Waals surface area (Å²) >= 11 is 1.76. The molecule has 5 rings (SSSR count). The molecule has 0 unspecified atom stereocenters. The van der Waals surface area contributed by atoms with Gasteiger partial charge in [-0.3, -0.25) is 9.88 Å². The van der Waals surface area contributed by atoms with E-state index in [-0.39, 0.29) is 0 Å². The van der Waals surface area contributed by atoms with Crippen LogP contribution in [0, 0.1) is 0 Å². The van der Waals surface area contributed by atoms with Gasteiger partial charge in [-0.2, -0.15) is 16.4 Å². The number of pyridine rings is 2. The minimum absolute atomic E-state index is 0.415. The summed E-state index contributed by atoms with van der Waals surface area (Å²) < 4.78 is 1.91. The number of rotatable bonds is 4. The maximum atomic E-state index is 4.78. The minimum Gasteiger partial charge on any atom is -0.298 e. The van der Waals surface area contributed by atoms with Crippen molar-refractivity contribution in [1.82, 2.24) is 24.5 Å². The van der Waals surface area contributed by atoms with Crippen molar-refractivity contribution in [2.45, 2.75) is 18.9 Å². The average molecular weight is 361 g/mol. The van der Waals surface area contributed by atoms with E-state index >= 15 is 0 Å². The van der Waals surface area contributed by atoms with Gasteiger partial charge in [-0.1, -0.05) is 0 Å². The van der Waals surface area contributed by atoms with Gasteiger partial charge >= 0.3 is 0 Å². The molecule has 0 aromatic carbocycles. The zero-order chi connectivity index (χ0) is 17.3. The summed E-state index contributed by atoms with van der Waals surface area (Å²) in [5, 5.41) is 9.16. The highest BCUT2D eigenvalue weighted by molar-refractivity contribution is 7.07. The van der Waals surface area contributed by atoms with Crippen LogP contribution < -0.4 is 0 Å². The summed E-state index contributed by atoms with van der Waals surface area (Å²) in [5.41, 5.74) is 4.58. The summed E-state index contributed by atoms with van der Waals surface area (Å²) in [6.07, 6.45) is 6.80. The average Bonchev–Trinajstić information content (AvgIpc) is 3.42. The zero-order valence-electron chi connectivity index (χ0n) is 14.3. The molecule has 0 spiro atoms. The van der Waals surface area contributed by atoms with Crippen LogP contribution in [0.4, 0.5) is 0 Å². The Morgan fingerprint density at radius 1 is 1.08 bits per heavy atom. The third kappa shape index (κ3) is 3.02. The van der Waals surface area contributed by atoms with Crippen molar-refractivity contribution in [2.24, 2.45) is 0 Å². The van der Waals surface area contributed by atoms with Crippen LogP contribution in [0.5, 0.6) is 0 Å². The Kier molecular flexibility index (Phi) is 3.99. The van der Waals surface area contributed by atoms with Crippen molar-refractivity contribution >= 4 is 17.0 Å². The smallest absolute Gasteiger partial charge is 0.156 e. The third-order valence-corrected chi connectivity index (χ3v) is 5.72. The van der Waals surface area contributed by atoms with E-state index in [0.29, 0.717) is 5.92 Å². The van der Waals surface area contributed by atoms with Crippen LogP contribution >= 0.6 is 11.3 Å². The standard InChI is InChI=1S/C20H19N5S/c1-2-19-22-20(18-5-9-24(12-18)11-15-6-10-26-14-15)23-25(19)13-17(1)16-3-7-21-8-4-16/h1-4,6-8,10,13-14,18H,5,9,11-12H2/t18-/m1/s1. The first-order valence-corrected chi connectivity index (χ1v) is 9.79. The Hall–Kier alpha value is -2.57. The Morgan fingerprint density at radius 2 is 2.00 bits per heavy atom. The number of hydrogen-bond acceptors (Lipinski definition) is 5. The normalized spacial score (nSPS) is 17.9. The van der Waals surface area contributed by atoms with Crippen molar-refractivity contribution in [3.63, 3.8) is 0 Å². The van der Waals surface area contributed by atoms with Gasteiger partial charge in [0.1, 0.15) is 0 Å². The van der Waals surface area contributed by atoms with Gasteiger partial charge < -0.3 is 0 Å². The molecular formula is C20H19N5S. The molecule has 4 aromatic rings. The molecule has 1 atom stereocenters. The molecule has 26 heavy (non-hydrogen) atoms. The number of likely N-dealkylation sites (tertiary alicyclic amines) is 1. The van der Waals surface area contributed by atoms with Gasteiger partial charge in [0.15, 0.2) is 11.5 Å². The fourth-order valence-electron chi connectivity index (χ4n) is 3.62. The van der Waals surface area contributed by atoms with E-state index in [9.17, 15) is 0 Å². The summed E-state index contributed by atoms with van der Waals surface area (Å²) in [5.74, 6) is 1.38. The summed E-state index contributed by atoms with van der Waals surface area (Å²) in [7, 11) is 0. The highest BCUT2D eigenvalue weighted by Gasteiger charge is 2.27. The predicted molar refractivity (Wildman–Crippen MR) is 103 cm³/mol. The molecule has 5 heterocycles. The van der Waals surface area contributed by atoms with Crippen molar-refractivity contribution in [2.75, 3.05) is 13.1 Å². The van der Waals surface area contributed by atoms with Crippen LogP contribution in [-0.2, 0) is 6.54 Å². The van der Waals surface area contributed by atoms with Crippen molar-refractivity contribution < 1.29 is 0 Å². The van der Waals surface area contributed by atoms with Gasteiger partial charge in [0.25, 0.3) is 0 Å². The van der Waals surface area contributed by atoms with Gasteiger partial charge in [-0.25, -0.2) is 9.50 Å². The lowest BCUT2D eigenvalue weighted by molar-refractivity contribution is 0.326. The highest BCUT2D eigenvalue weighted by Crippen LogP contribution is 2.27. The molecule has 0 amide bonds. The summed E-state index contributed by atoms with van der Waals surface area (Å²) in [6, 6.07) is 10.4. The molecule has 4 aromatic heterocycles. The molecule has 0 radical (unpaired) electrons. The monoisotopic (exact) mass is 361 g/mol. The highest BCUT2D eigenvalue weighted by atomic mass is 32.1. The van der Waals surface area contributed by atoms with Gasteiger partial charge in [-0.05, 0) is 65.2 Å². The van der Waals surface area contributed by atoms with Crippen LogP contribution in [0.15, 0.2) is 59.7 Å². The van der Waals surface area contributed by atoms with Gasteiger partial charge in [0, 0.05) is 43.2 Å². The van der Waals surface area contributed by atoms with E-state index in [1.807, 2.05) is 35.1 Å². The molecule has 1 aliphatic rings. The number of aromatic nitrogens is 4. The first-order valence-electron chi connectivity index (χ1n) is 8.85. The molecule has 130 valence electrons. The quantitative estimate of drug-likeness (QED) is 0.554. The van der Waals surface area contributed by atoms with E-state index in [4.69, 9.17) is 10.1 Å². The SMILES string of the molecule is c1cc(-c2ccc3nc([C@@H]4CCN(Cc5ccsc5)C4)nn3c2)ccn1. The lowest BCUT2D eigenvalue weighted by Gasteiger charge is -2.13. The molecule has 1 saturated heterocycles. The Morgan fingerprint density at radius 3 is 2.85 bits per heavy atom. The van der Waals surface area contributed by atoms with Crippen LogP contribution in [0.1, 0.15) is 23.7 Å². The Balaban J connectivity index is 1.36. The second-order valence-corrected chi connectivity index (χ2v) is 7.56. The first-order chi connectivity index (χ1) is 12.8. The van der Waals surface area contributed by atoms with E-state index in [1.165, 1.54) is 5.56 Å². The van der Waals surface area contributed by atoms with Crippen LogP contribution in [0.2, 0.25) is 0 Å². The maximum absolute atomic E-state index is 4.78. The molecule has 0 N–H and O–H groups in total. The van der Waals surface area contributed by atoms with Crippen molar-refractivity contribution in [3.8, 4) is 11.1 Å². The predicted octanol–water partition coefficient (Wildman–Crippen LogP) is 3.84. The largest absolute Gasteiger partial charge is 0.298 e. The van der Waals surface area contributed by atoms with E-state index in [1.54, 1.807) is 11.3 Å². The minimum atomic E-state index is 0.415. The van der Waals surface area contributed by atoms with Crippen LogP contribution in [-0.4, -0.2) is 37.6 Å². The molecule has 0 saturated carbocycles. The first kappa shape index (κ1) is 15.7. The molecule has 0 bridgehead atoms. The molecule has 5 nitrogen and oxygen atoms in total. The van der Waals surface area contributed by atoms with Gasteiger partial charge in [-0.15, -0.1) is 0 Å². The zero-order valence-corrected chi connectivity index (χ0v) is 15.1. The molecule has 0 aliphatic carbocycles. The molecule has 1 fully saturated rings. The van der Waals surface area contributed by atoms with Crippen molar-refractivity contribution in [3.05, 3.63) is 71.1 Å². The van der Waals surface area contributed by atoms with Crippen LogP contribution in [0.3, 0.4) is 0 Å². The molecular weight excluding hydrogens is 342 g/mol. The lowest BCUT2D eigenvalue weighted by Crippen LogP contribution is -2.19. The Labute approximate surface area is 156 Å². The second-order valence-electron chi connectivity index (χ2n) is 6.78. The third-order valence-electron chi connectivity index (χ3n) is 4.98. The molecule has 1 aliphatic heterocycles. The molecule has 6 heteroatoms. The van der Waals surface area contributed by atoms with E-state index < -0.39 is 0 Å². The number of fused-ring (bicyclic) bond motifs is 1. The summed E-state index contributed by atoms with van der Waals surface area (Å²) in [4.78, 5) is 11.4. The number of hydrogen-bond donors (Lipinski definition) is 0. The number of thiophene rings is 1.